The minimum atomic E-state index is -0.863. The first kappa shape index (κ1) is 15.1. The highest BCUT2D eigenvalue weighted by molar-refractivity contribution is 5.55. The smallest absolute Gasteiger partial charge is 0.269 e. The van der Waals surface area contributed by atoms with Crippen LogP contribution in [0.4, 0.5) is 5.69 Å². The molecule has 0 radical (unpaired) electrons. The predicted molar refractivity (Wildman–Crippen MR) is 74.4 cm³/mol. The van der Waals surface area contributed by atoms with Crippen LogP contribution in [0.1, 0.15) is 19.7 Å². The highest BCUT2D eigenvalue weighted by Gasteiger charge is 2.28. The minimum Gasteiger partial charge on any atom is -0.379 e. The average Bonchev–Trinajstić information content (AvgIpc) is 2.96. The van der Waals surface area contributed by atoms with Crippen molar-refractivity contribution < 1.29 is 14.2 Å². The molecule has 1 aromatic carbocycles. The van der Waals surface area contributed by atoms with E-state index in [2.05, 4.69) is 10.1 Å². The van der Waals surface area contributed by atoms with Crippen LogP contribution in [0.15, 0.2) is 28.8 Å². The molecule has 1 heterocycles. The molecule has 0 aliphatic carbocycles. The van der Waals surface area contributed by atoms with E-state index in [0.717, 1.165) is 0 Å². The fourth-order valence-corrected chi connectivity index (χ4v) is 1.68. The summed E-state index contributed by atoms with van der Waals surface area (Å²) in [6.07, 6.45) is 0. The number of hydrogen-bond acceptors (Lipinski definition) is 7. The highest BCUT2D eigenvalue weighted by atomic mass is 16.6. The van der Waals surface area contributed by atoms with Gasteiger partial charge in [0.05, 0.1) is 11.5 Å². The van der Waals surface area contributed by atoms with Gasteiger partial charge in [-0.1, -0.05) is 5.16 Å². The van der Waals surface area contributed by atoms with E-state index in [1.807, 2.05) is 6.92 Å². The number of nitrogens with zero attached hydrogens (tertiary/aromatic N) is 3. The molecule has 112 valence electrons. The second-order valence-electron chi connectivity index (χ2n) is 4.78. The third-order valence-electron chi connectivity index (χ3n) is 2.87. The summed E-state index contributed by atoms with van der Waals surface area (Å²) in [5.41, 5.74) is 5.81. The second kappa shape index (κ2) is 5.98. The molecule has 0 amide bonds. The third-order valence-corrected chi connectivity index (χ3v) is 2.87. The van der Waals surface area contributed by atoms with Crippen LogP contribution in [0.25, 0.3) is 11.5 Å². The Morgan fingerprint density at radius 3 is 2.67 bits per heavy atom. The second-order valence-corrected chi connectivity index (χ2v) is 4.78. The summed E-state index contributed by atoms with van der Waals surface area (Å²) >= 11 is 0. The summed E-state index contributed by atoms with van der Waals surface area (Å²) in [7, 11) is 0. The van der Waals surface area contributed by atoms with Crippen molar-refractivity contribution in [2.24, 2.45) is 5.73 Å². The van der Waals surface area contributed by atoms with Crippen molar-refractivity contribution in [1.82, 2.24) is 10.1 Å². The monoisotopic (exact) mass is 292 g/mol. The van der Waals surface area contributed by atoms with Crippen molar-refractivity contribution in [3.05, 3.63) is 40.2 Å². The Balaban J connectivity index is 2.21. The Hall–Kier alpha value is -2.32. The molecule has 0 aliphatic heterocycles. The Bertz CT molecular complexity index is 621. The maximum Gasteiger partial charge on any atom is 0.269 e. The van der Waals surface area contributed by atoms with Crippen molar-refractivity contribution >= 4 is 5.69 Å². The van der Waals surface area contributed by atoms with Crippen LogP contribution in [-0.2, 0) is 10.3 Å². The summed E-state index contributed by atoms with van der Waals surface area (Å²) in [6.45, 7) is 4.42. The molecule has 0 saturated carbocycles. The number of nitro groups is 1. The van der Waals surface area contributed by atoms with Crippen LogP contribution in [0, 0.1) is 10.1 Å². The van der Waals surface area contributed by atoms with E-state index >= 15 is 0 Å². The molecular weight excluding hydrogens is 276 g/mol. The lowest BCUT2D eigenvalue weighted by atomic mass is 10.1. The fraction of sp³-hybridized carbons (Fsp3) is 0.385. The van der Waals surface area contributed by atoms with Crippen molar-refractivity contribution in [2.75, 3.05) is 13.2 Å². The highest BCUT2D eigenvalue weighted by Crippen LogP contribution is 2.23. The quantitative estimate of drug-likeness (QED) is 0.637. The number of benzene rings is 1. The van der Waals surface area contributed by atoms with Gasteiger partial charge in [-0.3, -0.25) is 10.1 Å². The molecule has 1 aromatic heterocycles. The molecule has 2 aromatic rings. The van der Waals surface area contributed by atoms with Crippen molar-refractivity contribution in [1.29, 1.82) is 0 Å². The summed E-state index contributed by atoms with van der Waals surface area (Å²) in [6, 6.07) is 5.85. The van der Waals surface area contributed by atoms with Gasteiger partial charge in [-0.05, 0) is 26.0 Å². The van der Waals surface area contributed by atoms with E-state index in [4.69, 9.17) is 15.0 Å². The van der Waals surface area contributed by atoms with Crippen molar-refractivity contribution in [3.63, 3.8) is 0 Å². The Morgan fingerprint density at radius 1 is 1.43 bits per heavy atom. The number of rotatable bonds is 6. The van der Waals surface area contributed by atoms with Gasteiger partial charge in [-0.15, -0.1) is 0 Å². The van der Waals surface area contributed by atoms with E-state index in [-0.39, 0.29) is 18.2 Å². The van der Waals surface area contributed by atoms with Crippen LogP contribution in [0.5, 0.6) is 0 Å². The van der Waals surface area contributed by atoms with Gasteiger partial charge in [0.1, 0.15) is 5.54 Å². The first-order valence-corrected chi connectivity index (χ1v) is 6.39. The maximum absolute atomic E-state index is 10.6. The van der Waals surface area contributed by atoms with E-state index in [0.29, 0.717) is 18.0 Å². The zero-order valence-electron chi connectivity index (χ0n) is 11.8. The first-order valence-electron chi connectivity index (χ1n) is 6.39. The Morgan fingerprint density at radius 2 is 2.10 bits per heavy atom. The lowest BCUT2D eigenvalue weighted by Gasteiger charge is -2.19. The summed E-state index contributed by atoms with van der Waals surface area (Å²) in [4.78, 5) is 14.4. The lowest BCUT2D eigenvalue weighted by Crippen LogP contribution is -2.39. The van der Waals surface area contributed by atoms with Crippen LogP contribution in [0.3, 0.4) is 0 Å². The van der Waals surface area contributed by atoms with Gasteiger partial charge >= 0.3 is 0 Å². The van der Waals surface area contributed by atoms with Crippen LogP contribution in [0.2, 0.25) is 0 Å². The molecular formula is C13H16N4O4. The summed E-state index contributed by atoms with van der Waals surface area (Å²) in [5.74, 6) is 0.581. The largest absolute Gasteiger partial charge is 0.379 e. The Labute approximate surface area is 121 Å². The molecule has 8 nitrogen and oxygen atoms in total. The number of aromatic nitrogens is 2. The molecule has 0 fully saturated rings. The van der Waals surface area contributed by atoms with Gasteiger partial charge in [0.2, 0.25) is 0 Å². The third kappa shape index (κ3) is 3.41. The standard InChI is InChI=1S/C13H16N4O4/c1-3-20-8-13(2,14)12-15-11(21-16-12)9-4-6-10(7-5-9)17(18)19/h4-7H,3,8,14H2,1-2H3. The number of hydrogen-bond donors (Lipinski definition) is 1. The van der Waals surface area contributed by atoms with Crippen LogP contribution >= 0.6 is 0 Å². The molecule has 0 bridgehead atoms. The van der Waals surface area contributed by atoms with Crippen LogP contribution in [-0.4, -0.2) is 28.3 Å². The number of ether oxygens (including phenoxy) is 1. The predicted octanol–water partition coefficient (Wildman–Crippen LogP) is 1.86. The molecule has 0 spiro atoms. The van der Waals surface area contributed by atoms with Gasteiger partial charge < -0.3 is 15.0 Å². The van der Waals surface area contributed by atoms with Crippen LogP contribution < -0.4 is 5.73 Å². The van der Waals surface area contributed by atoms with Crippen molar-refractivity contribution in [3.8, 4) is 11.5 Å². The van der Waals surface area contributed by atoms with Gasteiger partial charge in [0.25, 0.3) is 11.6 Å². The molecule has 0 saturated heterocycles. The summed E-state index contributed by atoms with van der Waals surface area (Å²) < 4.78 is 10.4. The SMILES string of the molecule is CCOCC(C)(N)c1noc(-c2ccc([N+](=O)[O-])cc2)n1. The molecule has 2 N–H and O–H groups in total. The molecule has 1 unspecified atom stereocenters. The zero-order chi connectivity index (χ0) is 15.5. The number of non-ortho nitro benzene ring substituents is 1. The zero-order valence-corrected chi connectivity index (χ0v) is 11.8. The number of nitro benzene ring substituents is 1. The minimum absolute atomic E-state index is 0.00139. The van der Waals surface area contributed by atoms with E-state index in [9.17, 15) is 10.1 Å². The van der Waals surface area contributed by atoms with Gasteiger partial charge in [-0.2, -0.15) is 4.98 Å². The topological polar surface area (TPSA) is 117 Å². The van der Waals surface area contributed by atoms with Gasteiger partial charge in [0.15, 0.2) is 5.82 Å². The maximum atomic E-state index is 10.6. The first-order chi connectivity index (χ1) is 9.94. The van der Waals surface area contributed by atoms with E-state index in [1.54, 1.807) is 19.1 Å². The van der Waals surface area contributed by atoms with Gasteiger partial charge in [-0.25, -0.2) is 0 Å². The van der Waals surface area contributed by atoms with Gasteiger partial charge in [0, 0.05) is 24.3 Å². The van der Waals surface area contributed by atoms with E-state index < -0.39 is 10.5 Å². The summed E-state index contributed by atoms with van der Waals surface area (Å²) in [5, 5.41) is 14.5. The van der Waals surface area contributed by atoms with E-state index in [1.165, 1.54) is 12.1 Å². The molecule has 1 atom stereocenters. The molecule has 21 heavy (non-hydrogen) atoms. The fourth-order valence-electron chi connectivity index (χ4n) is 1.68. The van der Waals surface area contributed by atoms with Crippen molar-refractivity contribution in [2.45, 2.75) is 19.4 Å². The lowest BCUT2D eigenvalue weighted by molar-refractivity contribution is -0.384. The Kier molecular flexibility index (Phi) is 4.29. The normalized spacial score (nSPS) is 13.9. The molecule has 0 aliphatic rings. The molecule has 2 rings (SSSR count). The average molecular weight is 292 g/mol. The number of nitrogens with two attached hydrogens (primary N) is 1. The molecule has 8 heteroatoms.